The molecule has 0 atom stereocenters. The predicted octanol–water partition coefficient (Wildman–Crippen LogP) is 4.45. The van der Waals surface area contributed by atoms with E-state index in [1.54, 1.807) is 19.2 Å². The van der Waals surface area contributed by atoms with E-state index in [1.165, 1.54) is 6.07 Å². The third-order valence-corrected chi connectivity index (χ3v) is 3.45. The zero-order valence-corrected chi connectivity index (χ0v) is 12.8. The largest absolute Gasteiger partial charge is 0.438 e. The van der Waals surface area contributed by atoms with Gasteiger partial charge in [-0.05, 0) is 44.0 Å². The van der Waals surface area contributed by atoms with Gasteiger partial charge in [-0.3, -0.25) is 10.1 Å². The number of alkyl halides is 1. The third kappa shape index (κ3) is 3.31. The molecular formula is C15H15ClN2O3. The molecule has 0 saturated carbocycles. The fourth-order valence-corrected chi connectivity index (χ4v) is 2.18. The van der Waals surface area contributed by atoms with Gasteiger partial charge in [0.2, 0.25) is 5.88 Å². The van der Waals surface area contributed by atoms with E-state index in [0.29, 0.717) is 23.1 Å². The molecule has 5 nitrogen and oxygen atoms in total. The standard InChI is InChI=1S/C15H15ClN2O3/c1-9-4-10(2)14(6-13(9)18(19)20)21-15-11(3)5-12(7-16)8-17-15/h4-6,8H,7H2,1-3H3. The summed E-state index contributed by atoms with van der Waals surface area (Å²) in [6.45, 7) is 5.40. The zero-order chi connectivity index (χ0) is 15.6. The molecule has 2 aromatic rings. The van der Waals surface area contributed by atoms with Crippen LogP contribution in [0.2, 0.25) is 0 Å². The first kappa shape index (κ1) is 15.3. The molecule has 1 aromatic carbocycles. The number of aromatic nitrogens is 1. The van der Waals surface area contributed by atoms with Crippen LogP contribution in [0.3, 0.4) is 0 Å². The van der Waals surface area contributed by atoms with E-state index in [1.807, 2.05) is 19.9 Å². The molecule has 0 radical (unpaired) electrons. The number of benzene rings is 1. The summed E-state index contributed by atoms with van der Waals surface area (Å²) in [5, 5.41) is 11.0. The summed E-state index contributed by atoms with van der Waals surface area (Å²) < 4.78 is 5.73. The molecule has 0 saturated heterocycles. The Kier molecular flexibility index (Phi) is 4.43. The third-order valence-electron chi connectivity index (χ3n) is 3.14. The number of ether oxygens (including phenoxy) is 1. The van der Waals surface area contributed by atoms with Crippen molar-refractivity contribution < 1.29 is 9.66 Å². The first-order valence-corrected chi connectivity index (χ1v) is 6.90. The average molecular weight is 307 g/mol. The van der Waals surface area contributed by atoms with Gasteiger partial charge in [0.15, 0.2) is 0 Å². The molecule has 0 aliphatic heterocycles. The summed E-state index contributed by atoms with van der Waals surface area (Å²) in [5.41, 5.74) is 3.18. The van der Waals surface area contributed by atoms with Crippen molar-refractivity contribution in [1.82, 2.24) is 4.98 Å². The fraction of sp³-hybridized carbons (Fsp3) is 0.267. The Morgan fingerprint density at radius 2 is 1.90 bits per heavy atom. The van der Waals surface area contributed by atoms with Crippen LogP contribution in [0.5, 0.6) is 11.6 Å². The van der Waals surface area contributed by atoms with E-state index in [0.717, 1.165) is 16.7 Å². The molecule has 0 aliphatic rings. The van der Waals surface area contributed by atoms with Crippen LogP contribution in [0.1, 0.15) is 22.3 Å². The molecule has 0 aliphatic carbocycles. The Labute approximate surface area is 127 Å². The lowest BCUT2D eigenvalue weighted by atomic mass is 10.1. The molecule has 21 heavy (non-hydrogen) atoms. The number of rotatable bonds is 4. The summed E-state index contributed by atoms with van der Waals surface area (Å²) >= 11 is 5.75. The lowest BCUT2D eigenvalue weighted by molar-refractivity contribution is -0.385. The molecule has 0 spiro atoms. The van der Waals surface area contributed by atoms with Gasteiger partial charge in [-0.15, -0.1) is 11.6 Å². The van der Waals surface area contributed by atoms with E-state index >= 15 is 0 Å². The highest BCUT2D eigenvalue weighted by Gasteiger charge is 2.16. The van der Waals surface area contributed by atoms with E-state index in [4.69, 9.17) is 16.3 Å². The summed E-state index contributed by atoms with van der Waals surface area (Å²) in [5.74, 6) is 1.23. The monoisotopic (exact) mass is 306 g/mol. The molecule has 110 valence electrons. The van der Waals surface area contributed by atoms with Gasteiger partial charge < -0.3 is 4.74 Å². The quantitative estimate of drug-likeness (QED) is 0.475. The maximum absolute atomic E-state index is 11.0. The Morgan fingerprint density at radius 1 is 1.19 bits per heavy atom. The topological polar surface area (TPSA) is 65.3 Å². The molecule has 0 fully saturated rings. The minimum absolute atomic E-state index is 0.0330. The number of aryl methyl sites for hydroxylation is 3. The molecule has 6 heteroatoms. The van der Waals surface area contributed by atoms with E-state index < -0.39 is 4.92 Å². The lowest BCUT2D eigenvalue weighted by Gasteiger charge is -2.11. The maximum Gasteiger partial charge on any atom is 0.276 e. The van der Waals surface area contributed by atoms with Gasteiger partial charge >= 0.3 is 0 Å². The van der Waals surface area contributed by atoms with Crippen molar-refractivity contribution >= 4 is 17.3 Å². The maximum atomic E-state index is 11.0. The molecule has 0 bridgehead atoms. The fourth-order valence-electron chi connectivity index (χ4n) is 2.03. The first-order chi connectivity index (χ1) is 9.92. The van der Waals surface area contributed by atoms with E-state index in [-0.39, 0.29) is 5.69 Å². The number of nitro benzene ring substituents is 1. The van der Waals surface area contributed by atoms with Crippen molar-refractivity contribution in [2.75, 3.05) is 0 Å². The molecule has 1 heterocycles. The molecule has 1 aromatic heterocycles. The van der Waals surface area contributed by atoms with Crippen molar-refractivity contribution in [2.45, 2.75) is 26.7 Å². The van der Waals surface area contributed by atoms with E-state index in [9.17, 15) is 10.1 Å². The molecule has 0 amide bonds. The summed E-state index contributed by atoms with van der Waals surface area (Å²) in [7, 11) is 0. The van der Waals surface area contributed by atoms with Crippen LogP contribution in [0, 0.1) is 30.9 Å². The van der Waals surface area contributed by atoms with Crippen molar-refractivity contribution in [1.29, 1.82) is 0 Å². The van der Waals surface area contributed by atoms with Gasteiger partial charge in [-0.1, -0.05) is 0 Å². The summed E-state index contributed by atoms with van der Waals surface area (Å²) in [4.78, 5) is 14.8. The Morgan fingerprint density at radius 3 is 2.48 bits per heavy atom. The van der Waals surface area contributed by atoms with Crippen LogP contribution in [-0.2, 0) is 5.88 Å². The zero-order valence-electron chi connectivity index (χ0n) is 12.0. The van der Waals surface area contributed by atoms with Gasteiger partial charge in [0, 0.05) is 23.2 Å². The second kappa shape index (κ2) is 6.10. The summed E-state index contributed by atoms with van der Waals surface area (Å²) in [6.07, 6.45) is 1.63. The molecule has 0 N–H and O–H groups in total. The Hall–Kier alpha value is -2.14. The van der Waals surface area contributed by atoms with Gasteiger partial charge in [-0.2, -0.15) is 0 Å². The minimum atomic E-state index is -0.418. The van der Waals surface area contributed by atoms with Crippen LogP contribution in [0.25, 0.3) is 0 Å². The van der Waals surface area contributed by atoms with Gasteiger partial charge in [-0.25, -0.2) is 4.98 Å². The lowest BCUT2D eigenvalue weighted by Crippen LogP contribution is -1.98. The normalized spacial score (nSPS) is 10.5. The Bertz CT molecular complexity index is 702. The summed E-state index contributed by atoms with van der Waals surface area (Å²) in [6, 6.07) is 5.05. The van der Waals surface area contributed by atoms with Crippen molar-refractivity contribution in [3.63, 3.8) is 0 Å². The SMILES string of the molecule is Cc1cc(C)c([N+](=O)[O-])cc1Oc1ncc(CCl)cc1C. The first-order valence-electron chi connectivity index (χ1n) is 6.37. The number of halogens is 1. The van der Waals surface area contributed by atoms with Crippen LogP contribution < -0.4 is 4.74 Å². The highest BCUT2D eigenvalue weighted by Crippen LogP contribution is 2.32. The smallest absolute Gasteiger partial charge is 0.276 e. The number of hydrogen-bond donors (Lipinski definition) is 0. The second-order valence-corrected chi connectivity index (χ2v) is 5.13. The molecular weight excluding hydrogens is 292 g/mol. The van der Waals surface area contributed by atoms with Gasteiger partial charge in [0.25, 0.3) is 5.69 Å². The van der Waals surface area contributed by atoms with Crippen molar-refractivity contribution in [3.05, 3.63) is 56.8 Å². The number of nitro groups is 1. The van der Waals surface area contributed by atoms with Crippen molar-refractivity contribution in [2.24, 2.45) is 0 Å². The van der Waals surface area contributed by atoms with Crippen molar-refractivity contribution in [3.8, 4) is 11.6 Å². The van der Waals surface area contributed by atoms with E-state index in [2.05, 4.69) is 4.98 Å². The number of pyridine rings is 1. The Balaban J connectivity index is 2.39. The highest BCUT2D eigenvalue weighted by atomic mass is 35.5. The van der Waals surface area contributed by atoms with Gasteiger partial charge in [0.05, 0.1) is 11.0 Å². The van der Waals surface area contributed by atoms with Crippen LogP contribution >= 0.6 is 11.6 Å². The minimum Gasteiger partial charge on any atom is -0.438 e. The number of nitrogens with zero attached hydrogens (tertiary/aromatic N) is 2. The van der Waals surface area contributed by atoms with Crippen LogP contribution in [0.15, 0.2) is 24.4 Å². The predicted molar refractivity (Wildman–Crippen MR) is 81.2 cm³/mol. The van der Waals surface area contributed by atoms with Gasteiger partial charge in [0.1, 0.15) is 5.75 Å². The van der Waals surface area contributed by atoms with Crippen LogP contribution in [-0.4, -0.2) is 9.91 Å². The highest BCUT2D eigenvalue weighted by molar-refractivity contribution is 6.17. The number of hydrogen-bond acceptors (Lipinski definition) is 4. The second-order valence-electron chi connectivity index (χ2n) is 4.86. The molecule has 2 rings (SSSR count). The average Bonchev–Trinajstić information content (AvgIpc) is 2.43. The van der Waals surface area contributed by atoms with Crippen LogP contribution in [0.4, 0.5) is 5.69 Å². The molecule has 0 unspecified atom stereocenters.